The predicted molar refractivity (Wildman–Crippen MR) is 220 cm³/mol. The number of aromatic nitrogens is 2. The largest absolute Gasteiger partial charge is 0.488 e. The Morgan fingerprint density at radius 3 is 1.95 bits per heavy atom. The topological polar surface area (TPSA) is 55.8 Å². The number of amidine groups is 1. The molecule has 0 amide bonds. The maximum atomic E-state index is 12.8. The highest BCUT2D eigenvalue weighted by Gasteiger charge is 2.29. The zero-order valence-corrected chi connectivity index (χ0v) is 30.0. The normalized spacial score (nSPS) is 16.1. The van der Waals surface area contributed by atoms with Crippen molar-refractivity contribution in [2.45, 2.75) is 25.2 Å². The number of ether oxygens (including phenoxy) is 1. The van der Waals surface area contributed by atoms with Crippen LogP contribution in [-0.2, 0) is 4.74 Å². The van der Waals surface area contributed by atoms with E-state index in [-0.39, 0.29) is 6.17 Å². The summed E-state index contributed by atoms with van der Waals surface area (Å²) in [7, 11) is 0. The first kappa shape index (κ1) is 33.7. The number of nitrogens with zero attached hydrogens (tertiary/aromatic N) is 4. The van der Waals surface area contributed by atoms with Crippen molar-refractivity contribution in [3.8, 4) is 11.1 Å². The molecule has 2 aliphatic rings. The standard InChI is InChI=1S/C47H34F3N5O/c48-47(49,50)29-56-35-23-21-34(22-24-35)54-40-17-9-8-16-37(40)39-27-32(20-26-42(39)54)33-19-25-38-36-15-7-10-18-41(36)55(43(38)28-33)46-52-44(30-11-3-1-4-12-30)51-45(53-46)31-13-5-2-6-14-31/h1-21,23,25-28,44H,22,24,29H2,(H,51,52,53). The number of hydrogen-bond donors (Lipinski definition) is 1. The summed E-state index contributed by atoms with van der Waals surface area (Å²) in [5, 5.41) is 7.98. The molecule has 3 heterocycles. The lowest BCUT2D eigenvalue weighted by molar-refractivity contribution is -0.165. The SMILES string of the molecule is FC(F)(F)COC1=CC=C(n2c3ccccc3c3cc(-c4ccc5c6ccccc6n(C6=NC(c7ccccc7)NC(c7ccccc7)=N6)c5c4)ccc32)CC1. The van der Waals surface area contributed by atoms with E-state index in [9.17, 15) is 13.2 Å². The number of halogens is 3. The van der Waals surface area contributed by atoms with Gasteiger partial charge in [-0.1, -0.05) is 115 Å². The number of rotatable bonds is 6. The van der Waals surface area contributed by atoms with E-state index in [4.69, 9.17) is 14.7 Å². The minimum atomic E-state index is -4.37. The minimum Gasteiger partial charge on any atom is -0.488 e. The fourth-order valence-electron chi connectivity index (χ4n) is 8.00. The van der Waals surface area contributed by atoms with Gasteiger partial charge < -0.3 is 14.6 Å². The molecule has 9 heteroatoms. The Kier molecular flexibility index (Phi) is 8.09. The first-order chi connectivity index (χ1) is 27.4. The number of allylic oxidation sites excluding steroid dienone is 4. The quantitative estimate of drug-likeness (QED) is 0.184. The number of para-hydroxylation sites is 2. The van der Waals surface area contributed by atoms with Gasteiger partial charge in [-0.05, 0) is 65.6 Å². The summed E-state index contributed by atoms with van der Waals surface area (Å²) in [4.78, 5) is 10.4. The lowest BCUT2D eigenvalue weighted by Crippen LogP contribution is -2.35. The summed E-state index contributed by atoms with van der Waals surface area (Å²) in [6.07, 6.45) is -0.226. The van der Waals surface area contributed by atoms with Gasteiger partial charge in [-0.2, -0.15) is 18.2 Å². The predicted octanol–water partition coefficient (Wildman–Crippen LogP) is 11.6. The third-order valence-corrected chi connectivity index (χ3v) is 10.6. The van der Waals surface area contributed by atoms with Crippen molar-refractivity contribution >= 4 is 61.1 Å². The molecule has 6 nitrogen and oxygen atoms in total. The van der Waals surface area contributed by atoms with Gasteiger partial charge in [0.2, 0.25) is 5.96 Å². The third kappa shape index (κ3) is 6.01. The van der Waals surface area contributed by atoms with Gasteiger partial charge in [0.1, 0.15) is 12.0 Å². The average Bonchev–Trinajstić information content (AvgIpc) is 3.75. The second kappa shape index (κ2) is 13.5. The molecule has 1 N–H and O–H groups in total. The van der Waals surface area contributed by atoms with Gasteiger partial charge in [-0.3, -0.25) is 4.57 Å². The number of hydrogen-bond acceptors (Lipinski definition) is 4. The molecule has 0 fully saturated rings. The second-order valence-corrected chi connectivity index (χ2v) is 14.1. The van der Waals surface area contributed by atoms with Gasteiger partial charge in [-0.15, -0.1) is 0 Å². The smallest absolute Gasteiger partial charge is 0.422 e. The Labute approximate surface area is 320 Å². The number of fused-ring (bicyclic) bond motifs is 6. The Morgan fingerprint density at radius 1 is 0.589 bits per heavy atom. The van der Waals surface area contributed by atoms with Crippen LogP contribution in [0.5, 0.6) is 0 Å². The molecule has 1 atom stereocenters. The summed E-state index contributed by atoms with van der Waals surface area (Å²) in [6.45, 7) is -1.28. The molecule has 10 rings (SSSR count). The van der Waals surface area contributed by atoms with Crippen molar-refractivity contribution in [1.29, 1.82) is 0 Å². The molecule has 274 valence electrons. The Hall–Kier alpha value is -6.87. The van der Waals surface area contributed by atoms with Crippen molar-refractivity contribution in [2.24, 2.45) is 9.98 Å². The van der Waals surface area contributed by atoms with E-state index >= 15 is 0 Å². The molecule has 1 aliphatic carbocycles. The highest BCUT2D eigenvalue weighted by Crippen LogP contribution is 2.39. The van der Waals surface area contributed by atoms with Gasteiger partial charge in [0.25, 0.3) is 0 Å². The van der Waals surface area contributed by atoms with Gasteiger partial charge >= 0.3 is 6.18 Å². The number of benzene rings is 6. The first-order valence-corrected chi connectivity index (χ1v) is 18.6. The third-order valence-electron chi connectivity index (χ3n) is 10.6. The van der Waals surface area contributed by atoms with E-state index in [1.54, 1.807) is 6.08 Å². The van der Waals surface area contributed by atoms with Crippen molar-refractivity contribution in [3.63, 3.8) is 0 Å². The van der Waals surface area contributed by atoms with Gasteiger partial charge in [0.05, 0.1) is 27.8 Å². The van der Waals surface area contributed by atoms with Crippen LogP contribution in [-0.4, -0.2) is 33.7 Å². The summed E-state index contributed by atoms with van der Waals surface area (Å²) in [5.41, 5.74) is 9.21. The van der Waals surface area contributed by atoms with Crippen molar-refractivity contribution in [2.75, 3.05) is 6.61 Å². The highest BCUT2D eigenvalue weighted by atomic mass is 19.4. The van der Waals surface area contributed by atoms with Crippen LogP contribution in [0.3, 0.4) is 0 Å². The van der Waals surface area contributed by atoms with Crippen LogP contribution in [0.2, 0.25) is 0 Å². The van der Waals surface area contributed by atoms with Crippen LogP contribution in [0.4, 0.5) is 13.2 Å². The molecular formula is C47H34F3N5O. The Bertz CT molecular complexity index is 2940. The molecule has 56 heavy (non-hydrogen) atoms. The molecule has 0 saturated carbocycles. The van der Waals surface area contributed by atoms with E-state index in [1.165, 1.54) is 0 Å². The maximum absolute atomic E-state index is 12.8. The lowest BCUT2D eigenvalue weighted by atomic mass is 10.0. The molecule has 0 radical (unpaired) electrons. The molecule has 0 saturated heterocycles. The molecule has 0 bridgehead atoms. The highest BCUT2D eigenvalue weighted by molar-refractivity contribution is 6.18. The molecule has 1 aliphatic heterocycles. The monoisotopic (exact) mass is 741 g/mol. The van der Waals surface area contributed by atoms with E-state index in [0.717, 1.165) is 77.4 Å². The second-order valence-electron chi connectivity index (χ2n) is 14.1. The number of nitrogens with one attached hydrogen (secondary N) is 1. The van der Waals surface area contributed by atoms with E-state index < -0.39 is 12.8 Å². The fourth-order valence-corrected chi connectivity index (χ4v) is 8.00. The molecular weight excluding hydrogens is 708 g/mol. The summed E-state index contributed by atoms with van der Waals surface area (Å²) in [6, 6.07) is 50.1. The molecule has 8 aromatic rings. The summed E-state index contributed by atoms with van der Waals surface area (Å²) < 4.78 is 47.9. The fraction of sp³-hybridized carbons (Fsp3) is 0.106. The molecule has 1 unspecified atom stereocenters. The Morgan fingerprint density at radius 2 is 1.21 bits per heavy atom. The van der Waals surface area contributed by atoms with Crippen LogP contribution in [0.15, 0.2) is 173 Å². The average molecular weight is 742 g/mol. The zero-order chi connectivity index (χ0) is 37.8. The summed E-state index contributed by atoms with van der Waals surface area (Å²) >= 11 is 0. The van der Waals surface area contributed by atoms with Crippen LogP contribution in [0.1, 0.15) is 30.1 Å². The van der Waals surface area contributed by atoms with Crippen LogP contribution in [0, 0.1) is 0 Å². The zero-order valence-electron chi connectivity index (χ0n) is 30.0. The first-order valence-electron chi connectivity index (χ1n) is 18.6. The van der Waals surface area contributed by atoms with E-state index in [2.05, 4.69) is 105 Å². The summed E-state index contributed by atoms with van der Waals surface area (Å²) in [5.74, 6) is 1.69. The van der Waals surface area contributed by atoms with Crippen LogP contribution < -0.4 is 5.32 Å². The van der Waals surface area contributed by atoms with E-state index in [0.29, 0.717) is 24.6 Å². The van der Waals surface area contributed by atoms with E-state index in [1.807, 2.05) is 60.7 Å². The molecule has 2 aromatic heterocycles. The van der Waals surface area contributed by atoms with Crippen LogP contribution >= 0.6 is 0 Å². The Balaban J connectivity index is 1.11. The maximum Gasteiger partial charge on any atom is 0.422 e. The van der Waals surface area contributed by atoms with Crippen molar-refractivity contribution in [3.05, 3.63) is 175 Å². The van der Waals surface area contributed by atoms with Crippen LogP contribution in [0.25, 0.3) is 60.4 Å². The molecule has 6 aromatic carbocycles. The van der Waals surface area contributed by atoms with Gasteiger partial charge in [-0.25, -0.2) is 4.99 Å². The minimum absolute atomic E-state index is 0.341. The molecule has 0 spiro atoms. The number of alkyl halides is 3. The van der Waals surface area contributed by atoms with Gasteiger partial charge in [0, 0.05) is 39.2 Å². The van der Waals surface area contributed by atoms with Crippen molar-refractivity contribution in [1.82, 2.24) is 14.5 Å². The van der Waals surface area contributed by atoms with Gasteiger partial charge in [0.15, 0.2) is 6.61 Å². The van der Waals surface area contributed by atoms with Crippen molar-refractivity contribution < 1.29 is 17.9 Å². The lowest BCUT2D eigenvalue weighted by Gasteiger charge is -2.24. The number of aliphatic imine (C=N–C) groups is 2.